The van der Waals surface area contributed by atoms with Crippen molar-refractivity contribution in [3.05, 3.63) is 22.7 Å². The van der Waals surface area contributed by atoms with Crippen LogP contribution in [-0.4, -0.2) is 37.5 Å². The van der Waals surface area contributed by atoms with Crippen molar-refractivity contribution in [1.29, 1.82) is 0 Å². The van der Waals surface area contributed by atoms with Crippen LogP contribution in [0.2, 0.25) is 0 Å². The Labute approximate surface area is 103 Å². The van der Waals surface area contributed by atoms with Gasteiger partial charge in [0.2, 0.25) is 0 Å². The lowest BCUT2D eigenvalue weighted by atomic mass is 10.1. The van der Waals surface area contributed by atoms with Crippen LogP contribution in [-0.2, 0) is 4.74 Å². The average Bonchev–Trinajstić information content (AvgIpc) is 2.32. The van der Waals surface area contributed by atoms with Crippen molar-refractivity contribution < 1.29 is 9.84 Å². The number of hydrogen-bond acceptors (Lipinski definition) is 4. The van der Waals surface area contributed by atoms with Gasteiger partial charge in [-0.2, -0.15) is 0 Å². The van der Waals surface area contributed by atoms with Gasteiger partial charge in [0.05, 0.1) is 37.2 Å². The van der Waals surface area contributed by atoms with Crippen LogP contribution in [0.25, 0.3) is 0 Å². The van der Waals surface area contributed by atoms with E-state index in [0.717, 1.165) is 22.4 Å². The van der Waals surface area contributed by atoms with Gasteiger partial charge in [-0.1, -0.05) is 15.9 Å². The van der Waals surface area contributed by atoms with Gasteiger partial charge < -0.3 is 20.5 Å². The van der Waals surface area contributed by atoms with Crippen LogP contribution < -0.4 is 10.6 Å². The molecule has 1 atom stereocenters. The quantitative estimate of drug-likeness (QED) is 0.803. The first-order valence-electron chi connectivity index (χ1n) is 5.22. The molecule has 1 unspecified atom stereocenters. The van der Waals surface area contributed by atoms with E-state index in [4.69, 9.17) is 10.5 Å². The van der Waals surface area contributed by atoms with E-state index in [1.165, 1.54) is 0 Å². The van der Waals surface area contributed by atoms with E-state index in [0.29, 0.717) is 13.2 Å². The standard InChI is InChI=1S/C11H15BrN2O2/c12-8-1-2-10(13)11(5-8)14-3-4-16-7-9(14)6-15/h1-2,5,9,15H,3-4,6-7,13H2. The predicted octanol–water partition coefficient (Wildman–Crippen LogP) is 1.23. The number of benzene rings is 1. The van der Waals surface area contributed by atoms with Crippen LogP contribution in [0, 0.1) is 0 Å². The van der Waals surface area contributed by atoms with Gasteiger partial charge >= 0.3 is 0 Å². The Morgan fingerprint density at radius 1 is 1.56 bits per heavy atom. The zero-order chi connectivity index (χ0) is 11.5. The Morgan fingerprint density at radius 3 is 3.12 bits per heavy atom. The number of nitrogens with two attached hydrogens (primary N) is 1. The maximum atomic E-state index is 9.31. The monoisotopic (exact) mass is 286 g/mol. The van der Waals surface area contributed by atoms with E-state index in [9.17, 15) is 5.11 Å². The molecule has 1 aromatic carbocycles. The van der Waals surface area contributed by atoms with Crippen molar-refractivity contribution in [1.82, 2.24) is 0 Å². The fourth-order valence-electron chi connectivity index (χ4n) is 1.89. The molecule has 0 aromatic heterocycles. The molecule has 0 amide bonds. The summed E-state index contributed by atoms with van der Waals surface area (Å²) >= 11 is 3.43. The van der Waals surface area contributed by atoms with Crippen LogP contribution in [0.4, 0.5) is 11.4 Å². The van der Waals surface area contributed by atoms with Crippen LogP contribution in [0.15, 0.2) is 22.7 Å². The van der Waals surface area contributed by atoms with Crippen molar-refractivity contribution in [2.75, 3.05) is 37.0 Å². The molecule has 2 rings (SSSR count). The molecule has 0 saturated carbocycles. The van der Waals surface area contributed by atoms with E-state index in [1.807, 2.05) is 18.2 Å². The first-order chi connectivity index (χ1) is 7.72. The summed E-state index contributed by atoms with van der Waals surface area (Å²) in [5.74, 6) is 0. The zero-order valence-electron chi connectivity index (χ0n) is 8.90. The predicted molar refractivity (Wildman–Crippen MR) is 67.6 cm³/mol. The summed E-state index contributed by atoms with van der Waals surface area (Å²) in [4.78, 5) is 2.10. The molecule has 88 valence electrons. The average molecular weight is 287 g/mol. The Balaban J connectivity index is 2.30. The lowest BCUT2D eigenvalue weighted by Crippen LogP contribution is -2.47. The number of aliphatic hydroxyl groups excluding tert-OH is 1. The number of ether oxygens (including phenoxy) is 1. The minimum Gasteiger partial charge on any atom is -0.397 e. The first kappa shape index (κ1) is 11.7. The van der Waals surface area contributed by atoms with E-state index >= 15 is 0 Å². The first-order valence-corrected chi connectivity index (χ1v) is 6.02. The summed E-state index contributed by atoms with van der Waals surface area (Å²) in [6.45, 7) is 2.04. The van der Waals surface area contributed by atoms with Gasteiger partial charge in [0, 0.05) is 11.0 Å². The Bertz CT molecular complexity index is 373. The summed E-state index contributed by atoms with van der Waals surface area (Å²) in [6, 6.07) is 5.74. The molecule has 0 radical (unpaired) electrons. The van der Waals surface area contributed by atoms with Crippen LogP contribution >= 0.6 is 15.9 Å². The number of nitrogens with zero attached hydrogens (tertiary/aromatic N) is 1. The highest BCUT2D eigenvalue weighted by atomic mass is 79.9. The molecule has 1 aliphatic heterocycles. The highest BCUT2D eigenvalue weighted by molar-refractivity contribution is 9.10. The molecular formula is C11H15BrN2O2. The molecule has 4 nitrogen and oxygen atoms in total. The summed E-state index contributed by atoms with van der Waals surface area (Å²) in [7, 11) is 0. The Morgan fingerprint density at radius 2 is 2.38 bits per heavy atom. The summed E-state index contributed by atoms with van der Waals surface area (Å²) in [5, 5.41) is 9.31. The van der Waals surface area contributed by atoms with E-state index in [-0.39, 0.29) is 12.6 Å². The molecule has 1 saturated heterocycles. The molecule has 3 N–H and O–H groups in total. The second-order valence-electron chi connectivity index (χ2n) is 3.81. The van der Waals surface area contributed by atoms with Crippen LogP contribution in [0.1, 0.15) is 0 Å². The molecule has 0 aliphatic carbocycles. The number of hydrogen-bond donors (Lipinski definition) is 2. The normalized spacial score (nSPS) is 21.1. The summed E-state index contributed by atoms with van der Waals surface area (Å²) in [6.07, 6.45) is 0. The maximum absolute atomic E-state index is 9.31. The Kier molecular flexibility index (Phi) is 3.68. The van der Waals surface area contributed by atoms with E-state index in [2.05, 4.69) is 20.8 Å². The van der Waals surface area contributed by atoms with Gasteiger partial charge in [0.1, 0.15) is 0 Å². The molecule has 5 heteroatoms. The van der Waals surface area contributed by atoms with Crippen LogP contribution in [0.5, 0.6) is 0 Å². The third-order valence-corrected chi connectivity index (χ3v) is 3.23. The third kappa shape index (κ3) is 2.31. The van der Waals surface area contributed by atoms with E-state index in [1.54, 1.807) is 0 Å². The summed E-state index contributed by atoms with van der Waals surface area (Å²) in [5.41, 5.74) is 7.63. The lowest BCUT2D eigenvalue weighted by molar-refractivity contribution is 0.0728. The van der Waals surface area contributed by atoms with Gasteiger partial charge in [0.15, 0.2) is 0 Å². The topological polar surface area (TPSA) is 58.7 Å². The van der Waals surface area contributed by atoms with Crippen molar-refractivity contribution in [2.24, 2.45) is 0 Å². The van der Waals surface area contributed by atoms with Gasteiger partial charge in [-0.05, 0) is 18.2 Å². The van der Waals surface area contributed by atoms with Gasteiger partial charge in [-0.3, -0.25) is 0 Å². The molecule has 1 aromatic rings. The van der Waals surface area contributed by atoms with Crippen LogP contribution in [0.3, 0.4) is 0 Å². The van der Waals surface area contributed by atoms with Gasteiger partial charge in [0.25, 0.3) is 0 Å². The van der Waals surface area contributed by atoms with Crippen molar-refractivity contribution in [3.8, 4) is 0 Å². The van der Waals surface area contributed by atoms with Crippen molar-refractivity contribution >= 4 is 27.3 Å². The SMILES string of the molecule is Nc1ccc(Br)cc1N1CCOCC1CO. The number of rotatable bonds is 2. The lowest BCUT2D eigenvalue weighted by Gasteiger charge is -2.37. The highest BCUT2D eigenvalue weighted by Gasteiger charge is 2.23. The van der Waals surface area contributed by atoms with E-state index < -0.39 is 0 Å². The molecule has 1 fully saturated rings. The largest absolute Gasteiger partial charge is 0.397 e. The number of nitrogen functional groups attached to an aromatic ring is 1. The summed E-state index contributed by atoms with van der Waals surface area (Å²) < 4.78 is 6.33. The maximum Gasteiger partial charge on any atom is 0.0756 e. The highest BCUT2D eigenvalue weighted by Crippen LogP contribution is 2.29. The fraction of sp³-hybridized carbons (Fsp3) is 0.455. The molecule has 16 heavy (non-hydrogen) atoms. The molecular weight excluding hydrogens is 272 g/mol. The second kappa shape index (κ2) is 5.03. The van der Waals surface area contributed by atoms with Crippen molar-refractivity contribution in [2.45, 2.75) is 6.04 Å². The smallest absolute Gasteiger partial charge is 0.0756 e. The van der Waals surface area contributed by atoms with Crippen molar-refractivity contribution in [3.63, 3.8) is 0 Å². The minimum atomic E-state index is -0.00894. The molecule has 0 spiro atoms. The Hall–Kier alpha value is -0.780. The fourth-order valence-corrected chi connectivity index (χ4v) is 2.24. The number of anilines is 2. The molecule has 1 heterocycles. The van der Waals surface area contributed by atoms with Gasteiger partial charge in [-0.25, -0.2) is 0 Å². The number of halogens is 1. The number of morpholine rings is 1. The third-order valence-electron chi connectivity index (χ3n) is 2.74. The van der Waals surface area contributed by atoms with Gasteiger partial charge in [-0.15, -0.1) is 0 Å². The molecule has 1 aliphatic rings. The zero-order valence-corrected chi connectivity index (χ0v) is 10.5. The minimum absolute atomic E-state index is 0.00894. The second-order valence-corrected chi connectivity index (χ2v) is 4.72. The molecule has 0 bridgehead atoms. The number of aliphatic hydroxyl groups is 1.